The second-order valence-electron chi connectivity index (χ2n) is 7.71. The Morgan fingerprint density at radius 2 is 2.00 bits per heavy atom. The molecule has 1 saturated heterocycles. The summed E-state index contributed by atoms with van der Waals surface area (Å²) in [5.41, 5.74) is 1.30. The number of hydrogen-bond donors (Lipinski definition) is 2. The Morgan fingerprint density at radius 3 is 2.68 bits per heavy atom. The van der Waals surface area contributed by atoms with Gasteiger partial charge in [0.1, 0.15) is 5.82 Å². The summed E-state index contributed by atoms with van der Waals surface area (Å²) in [6.07, 6.45) is 5.78. The molecular weight excluding hydrogens is 481 g/mol. The van der Waals surface area contributed by atoms with Crippen LogP contribution < -0.4 is 15.5 Å². The average molecular weight is 513 g/mol. The topological polar surface area (TPSA) is 52.6 Å². The second kappa shape index (κ2) is 11.0. The number of hydrogen-bond acceptors (Lipinski definition) is 4. The summed E-state index contributed by atoms with van der Waals surface area (Å²) < 4.78 is 0. The van der Waals surface area contributed by atoms with E-state index in [0.717, 1.165) is 38.0 Å². The molecule has 1 aliphatic rings. The standard InChI is InChI=1S/C21H31N5S.HI/c1-21(2,18-8-7-13-27-18)16-25-20(22-3)24-15-17-9-10-23-19(14-17)26-11-5-4-6-12-26;/h7-10,13-14H,4-6,11-12,15-16H2,1-3H3,(H2,22,24,25);1H. The Hall–Kier alpha value is -1.35. The SMILES string of the molecule is CN=C(NCc1ccnc(N2CCCCC2)c1)NCC(C)(C)c1cccs1.I. The molecule has 0 atom stereocenters. The van der Waals surface area contributed by atoms with E-state index in [4.69, 9.17) is 0 Å². The molecule has 0 saturated carbocycles. The fourth-order valence-corrected chi connectivity index (χ4v) is 4.18. The van der Waals surface area contributed by atoms with Crippen LogP contribution >= 0.6 is 35.3 Å². The van der Waals surface area contributed by atoms with Crippen molar-refractivity contribution in [2.45, 2.75) is 45.1 Å². The van der Waals surface area contributed by atoms with Crippen LogP contribution in [0.4, 0.5) is 5.82 Å². The number of pyridine rings is 1. The third-order valence-corrected chi connectivity index (χ3v) is 6.30. The number of piperidine rings is 1. The van der Waals surface area contributed by atoms with Crippen LogP contribution in [0.1, 0.15) is 43.6 Å². The molecule has 2 aromatic heterocycles. The smallest absolute Gasteiger partial charge is 0.191 e. The van der Waals surface area contributed by atoms with Crippen molar-refractivity contribution >= 4 is 47.1 Å². The molecule has 3 heterocycles. The molecule has 5 nitrogen and oxygen atoms in total. The zero-order valence-electron chi connectivity index (χ0n) is 17.1. The summed E-state index contributed by atoms with van der Waals surface area (Å²) in [7, 11) is 1.82. The number of aromatic nitrogens is 1. The van der Waals surface area contributed by atoms with Crippen LogP contribution in [0.25, 0.3) is 0 Å². The highest BCUT2D eigenvalue weighted by molar-refractivity contribution is 14.0. The van der Waals surface area contributed by atoms with E-state index in [2.05, 4.69) is 69.0 Å². The van der Waals surface area contributed by atoms with Crippen molar-refractivity contribution in [3.05, 3.63) is 46.3 Å². The van der Waals surface area contributed by atoms with Gasteiger partial charge >= 0.3 is 0 Å². The third kappa shape index (κ3) is 6.34. The number of nitrogens with zero attached hydrogens (tertiary/aromatic N) is 3. The monoisotopic (exact) mass is 513 g/mol. The van der Waals surface area contributed by atoms with Crippen LogP contribution in [-0.4, -0.2) is 37.6 Å². The lowest BCUT2D eigenvalue weighted by atomic mass is 9.91. The zero-order chi connectivity index (χ0) is 19.1. The molecule has 7 heteroatoms. The molecule has 1 fully saturated rings. The molecule has 0 radical (unpaired) electrons. The first kappa shape index (κ1) is 22.9. The van der Waals surface area contributed by atoms with E-state index < -0.39 is 0 Å². The van der Waals surface area contributed by atoms with E-state index in [1.54, 1.807) is 11.3 Å². The lowest BCUT2D eigenvalue weighted by Crippen LogP contribution is -2.43. The zero-order valence-corrected chi connectivity index (χ0v) is 20.2. The highest BCUT2D eigenvalue weighted by Gasteiger charge is 2.22. The summed E-state index contributed by atoms with van der Waals surface area (Å²) in [6.45, 7) is 8.32. The fraction of sp³-hybridized carbons (Fsp3) is 0.524. The minimum Gasteiger partial charge on any atom is -0.357 e. The van der Waals surface area contributed by atoms with Crippen molar-refractivity contribution in [1.29, 1.82) is 0 Å². The Bertz CT molecular complexity index is 739. The van der Waals surface area contributed by atoms with Crippen molar-refractivity contribution < 1.29 is 0 Å². The first-order valence-electron chi connectivity index (χ1n) is 9.77. The third-order valence-electron chi connectivity index (χ3n) is 5.06. The van der Waals surface area contributed by atoms with Crippen LogP contribution in [-0.2, 0) is 12.0 Å². The van der Waals surface area contributed by atoms with Crippen molar-refractivity contribution in [2.24, 2.45) is 4.99 Å². The molecule has 3 rings (SSSR count). The molecule has 0 amide bonds. The number of anilines is 1. The van der Waals surface area contributed by atoms with E-state index in [0.29, 0.717) is 0 Å². The fourth-order valence-electron chi connectivity index (χ4n) is 3.33. The van der Waals surface area contributed by atoms with Gasteiger partial charge in [0.15, 0.2) is 5.96 Å². The van der Waals surface area contributed by atoms with Gasteiger partial charge in [-0.3, -0.25) is 4.99 Å². The van der Waals surface area contributed by atoms with Crippen molar-refractivity contribution in [1.82, 2.24) is 15.6 Å². The Morgan fingerprint density at radius 1 is 1.21 bits per heavy atom. The van der Waals surface area contributed by atoms with Gasteiger partial charge < -0.3 is 15.5 Å². The molecule has 0 bridgehead atoms. The van der Waals surface area contributed by atoms with Crippen LogP contribution in [0.15, 0.2) is 40.8 Å². The minimum atomic E-state index is 0. The Balaban J connectivity index is 0.00000280. The van der Waals surface area contributed by atoms with Gasteiger partial charge in [0.05, 0.1) is 0 Å². The normalized spacial score (nSPS) is 15.1. The van der Waals surface area contributed by atoms with Crippen molar-refractivity contribution in [3.8, 4) is 0 Å². The Labute approximate surface area is 190 Å². The quantitative estimate of drug-likeness (QED) is 0.342. The van der Waals surface area contributed by atoms with Gasteiger partial charge in [-0.05, 0) is 48.4 Å². The molecule has 1 aliphatic heterocycles. The number of halogens is 1. The van der Waals surface area contributed by atoms with Crippen LogP contribution in [0.3, 0.4) is 0 Å². The number of aliphatic imine (C=N–C) groups is 1. The lowest BCUT2D eigenvalue weighted by molar-refractivity contribution is 0.518. The molecule has 0 unspecified atom stereocenters. The molecule has 0 aromatic carbocycles. The summed E-state index contributed by atoms with van der Waals surface area (Å²) in [5, 5.41) is 9.03. The predicted molar refractivity (Wildman–Crippen MR) is 131 cm³/mol. The summed E-state index contributed by atoms with van der Waals surface area (Å²) in [5.74, 6) is 1.92. The maximum absolute atomic E-state index is 4.56. The molecule has 154 valence electrons. The van der Waals surface area contributed by atoms with Crippen molar-refractivity contribution in [2.75, 3.05) is 31.6 Å². The summed E-state index contributed by atoms with van der Waals surface area (Å²) in [6, 6.07) is 8.57. The summed E-state index contributed by atoms with van der Waals surface area (Å²) >= 11 is 1.80. The number of nitrogens with one attached hydrogen (secondary N) is 2. The van der Waals surface area contributed by atoms with Gasteiger partial charge in [0, 0.05) is 49.7 Å². The molecule has 28 heavy (non-hydrogen) atoms. The van der Waals surface area contributed by atoms with Crippen LogP contribution in [0.5, 0.6) is 0 Å². The first-order chi connectivity index (χ1) is 13.1. The minimum absolute atomic E-state index is 0. The molecular formula is C21H32IN5S. The van der Waals surface area contributed by atoms with E-state index in [9.17, 15) is 0 Å². The van der Waals surface area contributed by atoms with Gasteiger partial charge in [-0.25, -0.2) is 4.98 Å². The van der Waals surface area contributed by atoms with Gasteiger partial charge in [0.25, 0.3) is 0 Å². The van der Waals surface area contributed by atoms with Crippen molar-refractivity contribution in [3.63, 3.8) is 0 Å². The predicted octanol–water partition coefficient (Wildman–Crippen LogP) is 4.39. The highest BCUT2D eigenvalue weighted by atomic mass is 127. The van der Waals surface area contributed by atoms with Gasteiger partial charge in [-0.15, -0.1) is 35.3 Å². The highest BCUT2D eigenvalue weighted by Crippen LogP contribution is 2.26. The molecule has 0 spiro atoms. The molecule has 2 N–H and O–H groups in total. The van der Waals surface area contributed by atoms with Crippen LogP contribution in [0.2, 0.25) is 0 Å². The van der Waals surface area contributed by atoms with Gasteiger partial charge in [0.2, 0.25) is 0 Å². The molecule has 0 aliphatic carbocycles. The average Bonchev–Trinajstić information content (AvgIpc) is 3.25. The van der Waals surface area contributed by atoms with E-state index in [-0.39, 0.29) is 29.4 Å². The second-order valence-corrected chi connectivity index (χ2v) is 8.66. The number of guanidine groups is 1. The largest absolute Gasteiger partial charge is 0.357 e. The Kier molecular flexibility index (Phi) is 9.01. The number of thiophene rings is 1. The van der Waals surface area contributed by atoms with E-state index >= 15 is 0 Å². The molecule has 2 aromatic rings. The van der Waals surface area contributed by atoms with E-state index in [1.165, 1.54) is 29.7 Å². The number of rotatable bonds is 6. The summed E-state index contributed by atoms with van der Waals surface area (Å²) in [4.78, 5) is 12.7. The maximum Gasteiger partial charge on any atom is 0.191 e. The van der Waals surface area contributed by atoms with Gasteiger partial charge in [-0.2, -0.15) is 0 Å². The first-order valence-corrected chi connectivity index (χ1v) is 10.6. The maximum atomic E-state index is 4.56. The lowest BCUT2D eigenvalue weighted by Gasteiger charge is -2.28. The van der Waals surface area contributed by atoms with Gasteiger partial charge in [-0.1, -0.05) is 19.9 Å². The van der Waals surface area contributed by atoms with E-state index in [1.807, 2.05) is 13.2 Å². The van der Waals surface area contributed by atoms with Crippen LogP contribution in [0, 0.1) is 0 Å².